The van der Waals surface area contributed by atoms with Gasteiger partial charge in [-0.25, -0.2) is 4.79 Å². The first kappa shape index (κ1) is 17.1. The first-order chi connectivity index (χ1) is 12.2. The average molecular weight is 340 g/mol. The third kappa shape index (κ3) is 4.05. The quantitative estimate of drug-likeness (QED) is 0.877. The smallest absolute Gasteiger partial charge is 0.317 e. The number of nitrogens with zero attached hydrogens (tertiary/aromatic N) is 1. The van der Waals surface area contributed by atoms with Crippen LogP contribution in [0.1, 0.15) is 23.6 Å². The number of rotatable bonds is 6. The Morgan fingerprint density at radius 3 is 2.40 bits per heavy atom. The second kappa shape index (κ2) is 7.92. The van der Waals surface area contributed by atoms with Crippen LogP contribution in [0.2, 0.25) is 0 Å². The normalized spacial score (nSPS) is 14.4. The van der Waals surface area contributed by atoms with Gasteiger partial charge in [0.1, 0.15) is 0 Å². The molecule has 2 aromatic carbocycles. The van der Waals surface area contributed by atoms with Gasteiger partial charge in [-0.1, -0.05) is 36.4 Å². The molecule has 5 nitrogen and oxygen atoms in total. The lowest BCUT2D eigenvalue weighted by Crippen LogP contribution is -2.48. The molecular formula is C20H24N2O3. The standard InChI is InChI=1S/C20H24N2O3/c1-24-18-10-9-15(14-19(18)25-2)13-17(16-7-4-3-5-8-16)21-20(23)22-11-6-12-22/h3-5,7-10,14,17H,6,11-13H2,1-2H3,(H,21,23)/t17-/m0/s1. The molecule has 1 aliphatic heterocycles. The lowest BCUT2D eigenvalue weighted by Gasteiger charge is -2.33. The lowest BCUT2D eigenvalue weighted by atomic mass is 9.98. The first-order valence-electron chi connectivity index (χ1n) is 8.52. The van der Waals surface area contributed by atoms with Crippen molar-refractivity contribution in [3.63, 3.8) is 0 Å². The van der Waals surface area contributed by atoms with Crippen molar-refractivity contribution in [2.24, 2.45) is 0 Å². The van der Waals surface area contributed by atoms with Gasteiger partial charge in [0.15, 0.2) is 11.5 Å². The van der Waals surface area contributed by atoms with E-state index in [9.17, 15) is 4.79 Å². The zero-order valence-corrected chi connectivity index (χ0v) is 14.7. The van der Waals surface area contributed by atoms with Crippen LogP contribution in [-0.4, -0.2) is 38.2 Å². The molecule has 0 bridgehead atoms. The molecule has 1 fully saturated rings. The largest absolute Gasteiger partial charge is 0.493 e. The minimum atomic E-state index is -0.0904. The van der Waals surface area contributed by atoms with Crippen LogP contribution in [0.4, 0.5) is 4.79 Å². The molecule has 132 valence electrons. The van der Waals surface area contributed by atoms with Crippen LogP contribution in [0.5, 0.6) is 11.5 Å². The molecule has 1 heterocycles. The molecule has 2 amide bonds. The summed E-state index contributed by atoms with van der Waals surface area (Å²) < 4.78 is 10.7. The van der Waals surface area contributed by atoms with E-state index in [0.717, 1.165) is 30.6 Å². The van der Waals surface area contributed by atoms with E-state index in [4.69, 9.17) is 9.47 Å². The number of hydrogen-bond acceptors (Lipinski definition) is 3. The van der Waals surface area contributed by atoms with Gasteiger partial charge < -0.3 is 19.7 Å². The molecule has 0 unspecified atom stereocenters. The van der Waals surface area contributed by atoms with E-state index < -0.39 is 0 Å². The van der Waals surface area contributed by atoms with E-state index in [-0.39, 0.29) is 12.1 Å². The Balaban J connectivity index is 1.80. The monoisotopic (exact) mass is 340 g/mol. The Hall–Kier alpha value is -2.69. The molecular weight excluding hydrogens is 316 g/mol. The van der Waals surface area contributed by atoms with Gasteiger partial charge in [-0.3, -0.25) is 0 Å². The SMILES string of the molecule is COc1ccc(C[C@H](NC(=O)N2CCC2)c2ccccc2)cc1OC. The van der Waals surface area contributed by atoms with E-state index in [0.29, 0.717) is 17.9 Å². The van der Waals surface area contributed by atoms with Crippen molar-refractivity contribution in [1.29, 1.82) is 0 Å². The summed E-state index contributed by atoms with van der Waals surface area (Å²) in [5.41, 5.74) is 2.17. The highest BCUT2D eigenvalue weighted by Crippen LogP contribution is 2.29. The van der Waals surface area contributed by atoms with Crippen molar-refractivity contribution < 1.29 is 14.3 Å². The number of urea groups is 1. The fourth-order valence-corrected chi connectivity index (χ4v) is 2.94. The third-order valence-electron chi connectivity index (χ3n) is 4.53. The molecule has 0 aromatic heterocycles. The Morgan fingerprint density at radius 1 is 1.08 bits per heavy atom. The van der Waals surface area contributed by atoms with Crippen molar-refractivity contribution in [3.8, 4) is 11.5 Å². The predicted molar refractivity (Wildman–Crippen MR) is 97.2 cm³/mol. The van der Waals surface area contributed by atoms with E-state index in [2.05, 4.69) is 5.32 Å². The van der Waals surface area contributed by atoms with Gasteiger partial charge in [0, 0.05) is 13.1 Å². The zero-order valence-electron chi connectivity index (χ0n) is 14.7. The first-order valence-corrected chi connectivity index (χ1v) is 8.52. The van der Waals surface area contributed by atoms with E-state index >= 15 is 0 Å². The summed E-state index contributed by atoms with van der Waals surface area (Å²) in [5, 5.41) is 3.16. The molecule has 1 saturated heterocycles. The Kier molecular flexibility index (Phi) is 5.43. The summed E-state index contributed by atoms with van der Waals surface area (Å²) in [5.74, 6) is 1.40. The van der Waals surface area contributed by atoms with Gasteiger partial charge in [-0.2, -0.15) is 0 Å². The van der Waals surface area contributed by atoms with Gasteiger partial charge in [0.05, 0.1) is 20.3 Å². The number of ether oxygens (including phenoxy) is 2. The minimum absolute atomic E-state index is 0.000537. The molecule has 0 saturated carbocycles. The van der Waals surface area contributed by atoms with Crippen LogP contribution in [0, 0.1) is 0 Å². The van der Waals surface area contributed by atoms with E-state index in [1.807, 2.05) is 53.4 Å². The summed E-state index contributed by atoms with van der Waals surface area (Å²) in [6.45, 7) is 1.67. The molecule has 25 heavy (non-hydrogen) atoms. The molecule has 1 aliphatic rings. The summed E-state index contributed by atoms with van der Waals surface area (Å²) >= 11 is 0. The number of amides is 2. The minimum Gasteiger partial charge on any atom is -0.493 e. The average Bonchev–Trinajstić information content (AvgIpc) is 2.60. The van der Waals surface area contributed by atoms with Crippen molar-refractivity contribution in [1.82, 2.24) is 10.2 Å². The fourth-order valence-electron chi connectivity index (χ4n) is 2.94. The molecule has 1 N–H and O–H groups in total. The van der Waals surface area contributed by atoms with Crippen molar-refractivity contribution in [3.05, 3.63) is 59.7 Å². The maximum Gasteiger partial charge on any atom is 0.317 e. The molecule has 2 aromatic rings. The topological polar surface area (TPSA) is 50.8 Å². The highest BCUT2D eigenvalue weighted by molar-refractivity contribution is 5.75. The molecule has 0 spiro atoms. The number of carbonyl (C=O) groups excluding carboxylic acids is 1. The van der Waals surface area contributed by atoms with Crippen LogP contribution in [0.3, 0.4) is 0 Å². The molecule has 0 aliphatic carbocycles. The van der Waals surface area contributed by atoms with Crippen LogP contribution >= 0.6 is 0 Å². The summed E-state index contributed by atoms with van der Waals surface area (Å²) in [6.07, 6.45) is 1.77. The molecule has 5 heteroatoms. The van der Waals surface area contributed by atoms with Crippen molar-refractivity contribution >= 4 is 6.03 Å². The highest BCUT2D eigenvalue weighted by Gasteiger charge is 2.23. The number of hydrogen-bond donors (Lipinski definition) is 1. The molecule has 1 atom stereocenters. The highest BCUT2D eigenvalue weighted by atomic mass is 16.5. The summed E-state index contributed by atoms with van der Waals surface area (Å²) in [7, 11) is 3.25. The Morgan fingerprint density at radius 2 is 1.80 bits per heavy atom. The summed E-state index contributed by atoms with van der Waals surface area (Å²) in [6, 6.07) is 15.8. The van der Waals surface area contributed by atoms with Gasteiger partial charge in [-0.05, 0) is 36.1 Å². The van der Waals surface area contributed by atoms with Crippen molar-refractivity contribution in [2.45, 2.75) is 18.9 Å². The fraction of sp³-hybridized carbons (Fsp3) is 0.350. The van der Waals surface area contributed by atoms with Crippen molar-refractivity contribution in [2.75, 3.05) is 27.3 Å². The molecule has 0 radical (unpaired) electrons. The number of nitrogens with one attached hydrogen (secondary N) is 1. The number of carbonyl (C=O) groups is 1. The number of likely N-dealkylation sites (tertiary alicyclic amines) is 1. The second-order valence-electron chi connectivity index (χ2n) is 6.15. The van der Waals surface area contributed by atoms with E-state index in [1.54, 1.807) is 14.2 Å². The van der Waals surface area contributed by atoms with Gasteiger partial charge in [0.25, 0.3) is 0 Å². The number of methoxy groups -OCH3 is 2. The lowest BCUT2D eigenvalue weighted by molar-refractivity contribution is 0.164. The van der Waals surface area contributed by atoms with E-state index in [1.165, 1.54) is 0 Å². The summed E-state index contributed by atoms with van der Waals surface area (Å²) in [4.78, 5) is 14.2. The second-order valence-corrected chi connectivity index (χ2v) is 6.15. The zero-order chi connectivity index (χ0) is 17.6. The van der Waals surface area contributed by atoms with Crippen LogP contribution < -0.4 is 14.8 Å². The van der Waals surface area contributed by atoms with Gasteiger partial charge in [-0.15, -0.1) is 0 Å². The maximum absolute atomic E-state index is 12.4. The maximum atomic E-state index is 12.4. The van der Waals surface area contributed by atoms with Crippen LogP contribution in [-0.2, 0) is 6.42 Å². The predicted octanol–water partition coefficient (Wildman–Crippen LogP) is 3.40. The van der Waals surface area contributed by atoms with Gasteiger partial charge >= 0.3 is 6.03 Å². The Labute approximate surface area is 148 Å². The molecule has 3 rings (SSSR count). The number of benzene rings is 2. The van der Waals surface area contributed by atoms with Crippen LogP contribution in [0.25, 0.3) is 0 Å². The van der Waals surface area contributed by atoms with Gasteiger partial charge in [0.2, 0.25) is 0 Å². The third-order valence-corrected chi connectivity index (χ3v) is 4.53. The van der Waals surface area contributed by atoms with Crippen LogP contribution in [0.15, 0.2) is 48.5 Å². The Bertz CT molecular complexity index is 714.